The maximum Gasteiger partial charge on any atom is 0.171 e. The molecule has 0 atom stereocenters. The van der Waals surface area contributed by atoms with Crippen molar-refractivity contribution in [2.45, 2.75) is 6.92 Å². The number of nitrogens with two attached hydrogens (primary N) is 1. The number of anilines is 1. The van der Waals surface area contributed by atoms with Gasteiger partial charge in [-0.3, -0.25) is 4.79 Å². The average molecular weight is 191 g/mol. The maximum atomic E-state index is 11.2. The number of thiophene rings is 1. The molecule has 0 fully saturated rings. The van der Waals surface area contributed by atoms with Crippen LogP contribution in [0.4, 0.5) is 5.69 Å². The van der Waals surface area contributed by atoms with Crippen molar-refractivity contribution in [3.05, 3.63) is 29.1 Å². The molecule has 0 saturated carbocycles. The van der Waals surface area contributed by atoms with Gasteiger partial charge in [-0.2, -0.15) is 0 Å². The summed E-state index contributed by atoms with van der Waals surface area (Å²) >= 11 is 1.46. The third-order valence-electron chi connectivity index (χ3n) is 1.95. The SMILES string of the molecule is CC(=O)c1sc2ccccc2c1N. The topological polar surface area (TPSA) is 43.1 Å². The molecule has 2 nitrogen and oxygen atoms in total. The number of rotatable bonds is 1. The summed E-state index contributed by atoms with van der Waals surface area (Å²) in [5.74, 6) is 0.0405. The first kappa shape index (κ1) is 8.26. The molecule has 2 rings (SSSR count). The number of carbonyl (C=O) groups is 1. The van der Waals surface area contributed by atoms with Crippen LogP contribution in [0.2, 0.25) is 0 Å². The van der Waals surface area contributed by atoms with Gasteiger partial charge in [0.15, 0.2) is 5.78 Å². The number of benzene rings is 1. The molecule has 0 aliphatic rings. The lowest BCUT2D eigenvalue weighted by Crippen LogP contribution is -1.93. The number of ketones is 1. The second-order valence-corrected chi connectivity index (χ2v) is 3.95. The fourth-order valence-electron chi connectivity index (χ4n) is 1.33. The van der Waals surface area contributed by atoms with E-state index in [2.05, 4.69) is 0 Å². The Balaban J connectivity index is 2.81. The smallest absolute Gasteiger partial charge is 0.171 e. The number of nitrogen functional groups attached to an aromatic ring is 1. The third kappa shape index (κ3) is 1.21. The van der Waals surface area contributed by atoms with Crippen molar-refractivity contribution in [2.24, 2.45) is 0 Å². The van der Waals surface area contributed by atoms with Crippen LogP contribution in [0.3, 0.4) is 0 Å². The van der Waals surface area contributed by atoms with E-state index in [0.29, 0.717) is 10.6 Å². The van der Waals surface area contributed by atoms with E-state index >= 15 is 0 Å². The quantitative estimate of drug-likeness (QED) is 0.704. The Morgan fingerprint density at radius 1 is 1.38 bits per heavy atom. The van der Waals surface area contributed by atoms with Crippen LogP contribution in [-0.2, 0) is 0 Å². The van der Waals surface area contributed by atoms with Gasteiger partial charge in [-0.25, -0.2) is 0 Å². The molecule has 66 valence electrons. The predicted octanol–water partition coefficient (Wildman–Crippen LogP) is 2.69. The van der Waals surface area contributed by atoms with Crippen LogP contribution in [0.15, 0.2) is 24.3 Å². The highest BCUT2D eigenvalue weighted by Gasteiger charge is 2.11. The van der Waals surface area contributed by atoms with Gasteiger partial charge in [-0.1, -0.05) is 18.2 Å². The lowest BCUT2D eigenvalue weighted by Gasteiger charge is -1.91. The van der Waals surface area contributed by atoms with Gasteiger partial charge in [0.25, 0.3) is 0 Å². The first-order valence-electron chi connectivity index (χ1n) is 3.98. The van der Waals surface area contributed by atoms with Crippen LogP contribution < -0.4 is 5.73 Å². The second-order valence-electron chi connectivity index (χ2n) is 2.90. The van der Waals surface area contributed by atoms with Crippen LogP contribution >= 0.6 is 11.3 Å². The lowest BCUT2D eigenvalue weighted by molar-refractivity contribution is 0.102. The van der Waals surface area contributed by atoms with Crippen LogP contribution in [0.25, 0.3) is 10.1 Å². The molecule has 1 heterocycles. The lowest BCUT2D eigenvalue weighted by atomic mass is 10.2. The molecular formula is C10H9NOS. The second kappa shape index (κ2) is 2.85. The summed E-state index contributed by atoms with van der Waals surface area (Å²) in [4.78, 5) is 11.8. The van der Waals surface area contributed by atoms with E-state index in [9.17, 15) is 4.79 Å². The Labute approximate surface area is 80.0 Å². The fraction of sp³-hybridized carbons (Fsp3) is 0.100. The normalized spacial score (nSPS) is 10.5. The standard InChI is InChI=1S/C10H9NOS/c1-6(12)10-9(11)7-4-2-3-5-8(7)13-10/h2-5H,11H2,1H3. The monoisotopic (exact) mass is 191 g/mol. The van der Waals surface area contributed by atoms with Crippen molar-refractivity contribution in [2.75, 3.05) is 5.73 Å². The molecule has 0 amide bonds. The molecule has 0 aliphatic carbocycles. The van der Waals surface area contributed by atoms with Crippen molar-refractivity contribution < 1.29 is 4.79 Å². The highest BCUT2D eigenvalue weighted by Crippen LogP contribution is 2.33. The Hall–Kier alpha value is -1.35. The van der Waals surface area contributed by atoms with Crippen molar-refractivity contribution in [1.82, 2.24) is 0 Å². The van der Waals surface area contributed by atoms with Gasteiger partial charge in [0.2, 0.25) is 0 Å². The first-order chi connectivity index (χ1) is 6.20. The zero-order chi connectivity index (χ0) is 9.42. The Morgan fingerprint density at radius 3 is 2.69 bits per heavy atom. The minimum absolute atomic E-state index is 0.0405. The van der Waals surface area contributed by atoms with Crippen LogP contribution in [0.5, 0.6) is 0 Å². The van der Waals surface area contributed by atoms with E-state index in [0.717, 1.165) is 10.1 Å². The van der Waals surface area contributed by atoms with E-state index in [1.165, 1.54) is 11.3 Å². The molecule has 0 spiro atoms. The van der Waals surface area contributed by atoms with Gasteiger partial charge < -0.3 is 5.73 Å². The molecule has 1 aromatic heterocycles. The van der Waals surface area contributed by atoms with Crippen molar-refractivity contribution >= 4 is 32.9 Å². The fourth-order valence-corrected chi connectivity index (χ4v) is 2.35. The summed E-state index contributed by atoms with van der Waals surface area (Å²) in [6.07, 6.45) is 0. The molecule has 0 radical (unpaired) electrons. The molecule has 13 heavy (non-hydrogen) atoms. The average Bonchev–Trinajstić information content (AvgIpc) is 2.45. The molecule has 2 N–H and O–H groups in total. The highest BCUT2D eigenvalue weighted by atomic mass is 32.1. The van der Waals surface area contributed by atoms with Gasteiger partial charge in [0.05, 0.1) is 10.6 Å². The minimum atomic E-state index is 0.0405. The summed E-state index contributed by atoms with van der Waals surface area (Å²) < 4.78 is 1.07. The zero-order valence-electron chi connectivity index (χ0n) is 7.20. The van der Waals surface area contributed by atoms with E-state index in [1.54, 1.807) is 6.92 Å². The maximum absolute atomic E-state index is 11.2. The number of hydrogen-bond acceptors (Lipinski definition) is 3. The largest absolute Gasteiger partial charge is 0.397 e. The zero-order valence-corrected chi connectivity index (χ0v) is 8.02. The van der Waals surface area contributed by atoms with Gasteiger partial charge >= 0.3 is 0 Å². The van der Waals surface area contributed by atoms with Crippen LogP contribution in [-0.4, -0.2) is 5.78 Å². The molecule has 2 aromatic rings. The van der Waals surface area contributed by atoms with Crippen molar-refractivity contribution in [3.63, 3.8) is 0 Å². The van der Waals surface area contributed by atoms with E-state index < -0.39 is 0 Å². The Bertz CT molecular complexity index is 473. The van der Waals surface area contributed by atoms with Crippen molar-refractivity contribution in [3.8, 4) is 0 Å². The number of Topliss-reactive ketones (excluding diaryl/α,β-unsaturated/α-hetero) is 1. The summed E-state index contributed by atoms with van der Waals surface area (Å²) in [6, 6.07) is 7.79. The van der Waals surface area contributed by atoms with Gasteiger partial charge in [0.1, 0.15) is 0 Å². The molecule has 0 aliphatic heterocycles. The Morgan fingerprint density at radius 2 is 2.08 bits per heavy atom. The molecule has 1 aromatic carbocycles. The van der Waals surface area contributed by atoms with Crippen LogP contribution in [0, 0.1) is 0 Å². The summed E-state index contributed by atoms with van der Waals surface area (Å²) in [5, 5.41) is 0.984. The predicted molar refractivity (Wildman–Crippen MR) is 56.2 cm³/mol. The van der Waals surface area contributed by atoms with Crippen molar-refractivity contribution in [1.29, 1.82) is 0 Å². The summed E-state index contributed by atoms with van der Waals surface area (Å²) in [6.45, 7) is 1.54. The highest BCUT2D eigenvalue weighted by molar-refractivity contribution is 7.21. The number of fused-ring (bicyclic) bond motifs is 1. The molecule has 0 unspecified atom stereocenters. The number of carbonyl (C=O) groups excluding carboxylic acids is 1. The Kier molecular flexibility index (Phi) is 1.81. The first-order valence-corrected chi connectivity index (χ1v) is 4.79. The molecule has 0 bridgehead atoms. The summed E-state index contributed by atoms with van der Waals surface area (Å²) in [5.41, 5.74) is 6.45. The molecule has 3 heteroatoms. The third-order valence-corrected chi connectivity index (χ3v) is 3.24. The summed E-state index contributed by atoms with van der Waals surface area (Å²) in [7, 11) is 0. The molecule has 0 saturated heterocycles. The van der Waals surface area contributed by atoms with Gasteiger partial charge in [-0.05, 0) is 6.07 Å². The number of hydrogen-bond donors (Lipinski definition) is 1. The minimum Gasteiger partial charge on any atom is -0.397 e. The van der Waals surface area contributed by atoms with Crippen LogP contribution in [0.1, 0.15) is 16.6 Å². The molecular weight excluding hydrogens is 182 g/mol. The van der Waals surface area contributed by atoms with Gasteiger partial charge in [-0.15, -0.1) is 11.3 Å². The van der Waals surface area contributed by atoms with E-state index in [-0.39, 0.29) is 5.78 Å². The van der Waals surface area contributed by atoms with E-state index in [1.807, 2.05) is 24.3 Å². The van der Waals surface area contributed by atoms with E-state index in [4.69, 9.17) is 5.73 Å². The van der Waals surface area contributed by atoms with Gasteiger partial charge in [0, 0.05) is 17.0 Å².